The fourth-order valence-corrected chi connectivity index (χ4v) is 4.38. The van der Waals surface area contributed by atoms with E-state index in [9.17, 15) is 14.7 Å². The number of fused-ring (bicyclic) bond motifs is 1. The average molecular weight is 566 g/mol. The van der Waals surface area contributed by atoms with Crippen LogP contribution in [0.25, 0.3) is 0 Å². The van der Waals surface area contributed by atoms with Crippen LogP contribution in [0, 0.1) is 8.99 Å². The molecule has 2 N–H and O–H groups in total. The molecule has 0 aromatic heterocycles. The molecule has 0 bridgehead atoms. The summed E-state index contributed by atoms with van der Waals surface area (Å²) in [6.45, 7) is 10.4. The highest BCUT2D eigenvalue weighted by Crippen LogP contribution is 2.31. The lowest BCUT2D eigenvalue weighted by molar-refractivity contribution is -0.137. The van der Waals surface area contributed by atoms with Gasteiger partial charge in [-0.25, -0.2) is 9.69 Å². The Balaban J connectivity index is 2.45. The zero-order valence-electron chi connectivity index (χ0n) is 16.8. The van der Waals surface area contributed by atoms with Crippen LogP contribution in [0.15, 0.2) is 21.7 Å². The molecular weight excluding hydrogens is 541 g/mol. The molecule has 0 saturated carbocycles. The van der Waals surface area contributed by atoms with E-state index in [1.54, 1.807) is 41.5 Å². The lowest BCUT2D eigenvalue weighted by atomic mass is 9.94. The summed E-state index contributed by atoms with van der Waals surface area (Å²) >= 11 is 5.58. The van der Waals surface area contributed by atoms with Gasteiger partial charge >= 0.3 is 6.09 Å². The highest BCUT2D eigenvalue weighted by molar-refractivity contribution is 14.1. The summed E-state index contributed by atoms with van der Waals surface area (Å²) in [5.74, 6) is -0.373. The third-order valence-corrected chi connectivity index (χ3v) is 5.16. The number of aliphatic hydroxyl groups is 1. The van der Waals surface area contributed by atoms with Gasteiger partial charge in [0.1, 0.15) is 5.60 Å². The summed E-state index contributed by atoms with van der Waals surface area (Å²) in [5.41, 5.74) is 2.91. The van der Waals surface area contributed by atoms with Crippen LogP contribution >= 0.6 is 38.5 Å². The molecule has 0 radical (unpaired) electrons. The summed E-state index contributed by atoms with van der Waals surface area (Å²) in [4.78, 5) is 26.8. The number of benzene rings is 1. The maximum atomic E-state index is 13.0. The summed E-state index contributed by atoms with van der Waals surface area (Å²) in [5, 5.41) is 14.5. The Morgan fingerprint density at radius 2 is 1.89 bits per heavy atom. The van der Waals surface area contributed by atoms with Gasteiger partial charge in [0, 0.05) is 24.6 Å². The van der Waals surface area contributed by atoms with Gasteiger partial charge in [-0.3, -0.25) is 10.2 Å². The monoisotopic (exact) mass is 565 g/mol. The quantitative estimate of drug-likeness (QED) is 0.525. The molecule has 7 nitrogen and oxygen atoms in total. The van der Waals surface area contributed by atoms with Gasteiger partial charge in [0.05, 0.1) is 12.3 Å². The maximum Gasteiger partial charge on any atom is 0.417 e. The first-order chi connectivity index (χ1) is 12.7. The van der Waals surface area contributed by atoms with Gasteiger partial charge in [0.25, 0.3) is 0 Å². The molecule has 1 aromatic rings. The molecule has 1 aliphatic heterocycles. The molecule has 1 aliphatic rings. The Labute approximate surface area is 187 Å². The van der Waals surface area contributed by atoms with Crippen molar-refractivity contribution in [3.8, 4) is 0 Å². The topological polar surface area (TPSA) is 91.2 Å². The number of aliphatic hydroxyl groups excluding tert-OH is 1. The molecule has 9 heteroatoms. The van der Waals surface area contributed by atoms with Crippen LogP contribution in [-0.2, 0) is 9.53 Å². The predicted molar refractivity (Wildman–Crippen MR) is 119 cm³/mol. The van der Waals surface area contributed by atoms with E-state index < -0.39 is 23.3 Å². The van der Waals surface area contributed by atoms with Crippen LogP contribution in [0.3, 0.4) is 0 Å². The normalized spacial score (nSPS) is 16.6. The highest BCUT2D eigenvalue weighted by Gasteiger charge is 2.36. The molecule has 0 fully saturated rings. The van der Waals surface area contributed by atoms with E-state index in [2.05, 4.69) is 49.0 Å². The Hall–Kier alpha value is -1.20. The first-order valence-electron chi connectivity index (χ1n) is 8.75. The second-order valence-electron chi connectivity index (χ2n) is 8.56. The standard InChI is InChI=1S/C19H25BrIN3O4/c1-18(2,3)16(26)24(17(27)28-19(4,5)6)9-13-11-7-10(20)8-12(21)14(11)15(25)23-22-13/h7-8,15,23,25H,9H2,1-6H3. The van der Waals surface area contributed by atoms with E-state index in [1.807, 2.05) is 12.1 Å². The van der Waals surface area contributed by atoms with Gasteiger partial charge in [-0.1, -0.05) is 36.7 Å². The van der Waals surface area contributed by atoms with Crippen LogP contribution < -0.4 is 5.43 Å². The van der Waals surface area contributed by atoms with Crippen molar-refractivity contribution < 1.29 is 19.4 Å². The van der Waals surface area contributed by atoms with Crippen molar-refractivity contribution in [2.24, 2.45) is 10.5 Å². The molecule has 1 aromatic carbocycles. The number of carbonyl (C=O) groups excluding carboxylic acids is 2. The van der Waals surface area contributed by atoms with Gasteiger partial charge < -0.3 is 9.84 Å². The van der Waals surface area contributed by atoms with E-state index in [0.29, 0.717) is 16.8 Å². The Bertz CT molecular complexity index is 828. The Morgan fingerprint density at radius 1 is 1.29 bits per heavy atom. The number of carbonyl (C=O) groups is 2. The lowest BCUT2D eigenvalue weighted by Crippen LogP contribution is -2.49. The first kappa shape index (κ1) is 23.1. The largest absolute Gasteiger partial charge is 0.443 e. The van der Waals surface area contributed by atoms with E-state index in [0.717, 1.165) is 12.9 Å². The number of hydrogen-bond donors (Lipinski definition) is 2. The van der Waals surface area contributed by atoms with Crippen molar-refractivity contribution in [3.63, 3.8) is 0 Å². The molecule has 1 heterocycles. The number of ether oxygens (including phenoxy) is 1. The molecule has 0 spiro atoms. The van der Waals surface area contributed by atoms with Crippen LogP contribution in [0.4, 0.5) is 4.79 Å². The van der Waals surface area contributed by atoms with Gasteiger partial charge in [-0.05, 0) is 55.5 Å². The highest BCUT2D eigenvalue weighted by atomic mass is 127. The number of nitrogens with zero attached hydrogens (tertiary/aromatic N) is 2. The van der Waals surface area contributed by atoms with Gasteiger partial charge in [-0.2, -0.15) is 5.10 Å². The molecule has 2 rings (SSSR count). The van der Waals surface area contributed by atoms with E-state index in [-0.39, 0.29) is 12.5 Å². The zero-order chi connectivity index (χ0) is 21.4. The number of hydrazone groups is 1. The molecule has 0 saturated heterocycles. The minimum atomic E-state index is -0.966. The number of rotatable bonds is 2. The van der Waals surface area contributed by atoms with Crippen LogP contribution in [0.5, 0.6) is 0 Å². The van der Waals surface area contributed by atoms with Crippen LogP contribution in [0.2, 0.25) is 0 Å². The Kier molecular flexibility index (Phi) is 6.82. The van der Waals surface area contributed by atoms with Crippen molar-refractivity contribution >= 4 is 56.2 Å². The fraction of sp³-hybridized carbons (Fsp3) is 0.526. The van der Waals surface area contributed by atoms with Gasteiger partial charge in [0.15, 0.2) is 6.23 Å². The molecular formula is C19H25BrIN3O4. The minimum absolute atomic E-state index is 0.0791. The number of halogens is 2. The van der Waals surface area contributed by atoms with Crippen molar-refractivity contribution in [3.05, 3.63) is 31.3 Å². The van der Waals surface area contributed by atoms with E-state index in [1.165, 1.54) is 0 Å². The minimum Gasteiger partial charge on any atom is -0.443 e. The molecule has 28 heavy (non-hydrogen) atoms. The second-order valence-corrected chi connectivity index (χ2v) is 10.6. The average Bonchev–Trinajstić information content (AvgIpc) is 2.50. The van der Waals surface area contributed by atoms with E-state index in [4.69, 9.17) is 4.74 Å². The van der Waals surface area contributed by atoms with E-state index >= 15 is 0 Å². The lowest BCUT2D eigenvalue weighted by Gasteiger charge is -2.32. The fourth-order valence-electron chi connectivity index (χ4n) is 2.58. The van der Waals surface area contributed by atoms with Gasteiger partial charge in [-0.15, -0.1) is 0 Å². The number of amides is 2. The predicted octanol–water partition coefficient (Wildman–Crippen LogP) is 4.16. The van der Waals surface area contributed by atoms with Crippen molar-refractivity contribution in [2.75, 3.05) is 6.54 Å². The number of hydrogen-bond acceptors (Lipinski definition) is 6. The smallest absolute Gasteiger partial charge is 0.417 e. The first-order valence-corrected chi connectivity index (χ1v) is 10.6. The van der Waals surface area contributed by atoms with Crippen LogP contribution in [-0.4, -0.2) is 39.9 Å². The third-order valence-electron chi connectivity index (χ3n) is 3.81. The summed E-state index contributed by atoms with van der Waals surface area (Å²) in [6, 6.07) is 3.69. The molecule has 154 valence electrons. The molecule has 2 amide bonds. The third kappa shape index (κ3) is 5.44. The summed E-state index contributed by atoms with van der Waals surface area (Å²) in [6.07, 6.45) is -1.69. The Morgan fingerprint density at radius 3 is 2.43 bits per heavy atom. The maximum absolute atomic E-state index is 13.0. The van der Waals surface area contributed by atoms with Gasteiger partial charge in [0.2, 0.25) is 5.91 Å². The van der Waals surface area contributed by atoms with Crippen LogP contribution in [0.1, 0.15) is 58.9 Å². The molecule has 1 atom stereocenters. The number of imide groups is 1. The molecule has 0 aliphatic carbocycles. The summed E-state index contributed by atoms with van der Waals surface area (Å²) < 4.78 is 7.09. The SMILES string of the molecule is CC(C)(C)OC(=O)N(CC1=NNC(O)c2c(I)cc(Br)cc21)C(=O)C(C)(C)C. The zero-order valence-corrected chi connectivity index (χ0v) is 20.5. The van der Waals surface area contributed by atoms with Crippen molar-refractivity contribution in [1.29, 1.82) is 0 Å². The van der Waals surface area contributed by atoms with Crippen molar-refractivity contribution in [2.45, 2.75) is 53.4 Å². The second kappa shape index (κ2) is 8.27. The molecule has 1 unspecified atom stereocenters. The number of nitrogens with one attached hydrogen (secondary N) is 1. The van der Waals surface area contributed by atoms with Crippen molar-refractivity contribution in [1.82, 2.24) is 10.3 Å². The summed E-state index contributed by atoms with van der Waals surface area (Å²) in [7, 11) is 0.